The summed E-state index contributed by atoms with van der Waals surface area (Å²) in [5, 5.41) is 9.59. The second-order valence-corrected chi connectivity index (χ2v) is 11.2. The van der Waals surface area contributed by atoms with Crippen molar-refractivity contribution in [3.8, 4) is 11.5 Å². The molecule has 1 heterocycles. The molecule has 0 unspecified atom stereocenters. The molecule has 0 spiro atoms. The van der Waals surface area contributed by atoms with Crippen LogP contribution in [0.1, 0.15) is 47.3 Å². The van der Waals surface area contributed by atoms with Gasteiger partial charge in [-0.25, -0.2) is 9.97 Å². The number of rotatable bonds is 17. The SMILES string of the molecule is COc1ccc(CCC[N+](C)(CCCc2ccc(OC)cc2)C[C@H](CC(=O)O)CC(=O)c2nc(Cl)c(N)nc2N)cc1. The largest absolute Gasteiger partial charge is 0.497 e. The minimum absolute atomic E-state index is 0.0454. The highest BCUT2D eigenvalue weighted by Gasteiger charge is 2.31. The van der Waals surface area contributed by atoms with E-state index >= 15 is 0 Å². The maximum Gasteiger partial charge on any atom is 0.303 e. The predicted octanol–water partition coefficient (Wildman–Crippen LogP) is 4.69. The third-order valence-electron chi connectivity index (χ3n) is 7.45. The number of ketones is 1. The number of aliphatic carboxylic acids is 1. The Morgan fingerprint density at radius 2 is 1.36 bits per heavy atom. The first-order valence-electron chi connectivity index (χ1n) is 13.9. The van der Waals surface area contributed by atoms with E-state index in [4.69, 9.17) is 32.5 Å². The van der Waals surface area contributed by atoms with E-state index in [1.165, 1.54) is 11.1 Å². The van der Waals surface area contributed by atoms with Crippen molar-refractivity contribution in [3.05, 3.63) is 70.5 Å². The van der Waals surface area contributed by atoms with Crippen LogP contribution in [0.4, 0.5) is 11.6 Å². The van der Waals surface area contributed by atoms with Gasteiger partial charge >= 0.3 is 5.97 Å². The number of methoxy groups -OCH3 is 2. The van der Waals surface area contributed by atoms with Gasteiger partial charge < -0.3 is 30.5 Å². The van der Waals surface area contributed by atoms with Gasteiger partial charge in [-0.3, -0.25) is 9.59 Å². The van der Waals surface area contributed by atoms with Gasteiger partial charge in [0.15, 0.2) is 22.6 Å². The molecule has 3 rings (SSSR count). The monoisotopic (exact) mass is 598 g/mol. The van der Waals surface area contributed by atoms with E-state index < -0.39 is 17.7 Å². The summed E-state index contributed by atoms with van der Waals surface area (Å²) in [6.07, 6.45) is 3.32. The first-order valence-corrected chi connectivity index (χ1v) is 14.3. The Bertz CT molecular complexity index is 1280. The second kappa shape index (κ2) is 15.4. The summed E-state index contributed by atoms with van der Waals surface area (Å²) in [6, 6.07) is 16.0. The van der Waals surface area contributed by atoms with Crippen molar-refractivity contribution >= 4 is 35.0 Å². The number of carbonyl (C=O) groups is 2. The minimum atomic E-state index is -0.967. The highest BCUT2D eigenvalue weighted by Crippen LogP contribution is 2.24. The number of Topliss-reactive ketones (excluding diaryl/α,β-unsaturated/α-hetero) is 1. The molecule has 0 saturated heterocycles. The van der Waals surface area contributed by atoms with Gasteiger partial charge in [-0.2, -0.15) is 0 Å². The molecule has 3 aromatic rings. The Morgan fingerprint density at radius 3 is 1.81 bits per heavy atom. The highest BCUT2D eigenvalue weighted by molar-refractivity contribution is 6.31. The molecule has 1 aromatic heterocycles. The summed E-state index contributed by atoms with van der Waals surface area (Å²) in [6.45, 7) is 2.13. The molecule has 0 aliphatic rings. The third-order valence-corrected chi connectivity index (χ3v) is 7.73. The third kappa shape index (κ3) is 9.88. The Kier molecular flexibility index (Phi) is 11.9. The number of carbonyl (C=O) groups excluding carboxylic acids is 1. The van der Waals surface area contributed by atoms with Gasteiger partial charge in [0.25, 0.3) is 0 Å². The van der Waals surface area contributed by atoms with Crippen molar-refractivity contribution in [1.29, 1.82) is 0 Å². The number of carboxylic acid groups (broad SMARTS) is 1. The van der Waals surface area contributed by atoms with Crippen LogP contribution in [0, 0.1) is 5.92 Å². The van der Waals surface area contributed by atoms with Gasteiger partial charge in [0, 0.05) is 25.2 Å². The van der Waals surface area contributed by atoms with Crippen LogP contribution >= 0.6 is 11.6 Å². The highest BCUT2D eigenvalue weighted by atomic mass is 35.5. The van der Waals surface area contributed by atoms with Crippen molar-refractivity contribution in [2.24, 2.45) is 5.92 Å². The number of anilines is 2. The molecular weight excluding hydrogens is 558 g/mol. The number of hydrogen-bond donors (Lipinski definition) is 3. The van der Waals surface area contributed by atoms with Gasteiger partial charge in [-0.15, -0.1) is 0 Å². The average Bonchev–Trinajstić information content (AvgIpc) is 2.95. The Hall–Kier alpha value is -3.89. The Labute approximate surface area is 252 Å². The number of quaternary nitrogens is 1. The number of hydrogen-bond acceptors (Lipinski definition) is 8. The van der Waals surface area contributed by atoms with Crippen LogP contribution in [0.2, 0.25) is 5.15 Å². The molecule has 5 N–H and O–H groups in total. The molecule has 0 radical (unpaired) electrons. The molecule has 226 valence electrons. The topological polar surface area (TPSA) is 151 Å². The zero-order chi connectivity index (χ0) is 30.7. The summed E-state index contributed by atoms with van der Waals surface area (Å²) < 4.78 is 11.1. The van der Waals surface area contributed by atoms with Crippen LogP contribution in [0.5, 0.6) is 11.5 Å². The molecule has 0 fully saturated rings. The Balaban J connectivity index is 1.75. The van der Waals surface area contributed by atoms with Crippen LogP contribution in [0.3, 0.4) is 0 Å². The number of nitrogens with two attached hydrogens (primary N) is 2. The summed E-state index contributed by atoms with van der Waals surface area (Å²) in [5.74, 6) is -0.377. The second-order valence-electron chi connectivity index (χ2n) is 10.9. The fourth-order valence-electron chi connectivity index (χ4n) is 5.29. The number of nitrogens with zero attached hydrogens (tertiary/aromatic N) is 3. The first-order chi connectivity index (χ1) is 20.0. The van der Waals surface area contributed by atoms with Crippen molar-refractivity contribution in [2.75, 3.05) is 52.4 Å². The zero-order valence-electron chi connectivity index (χ0n) is 24.5. The van der Waals surface area contributed by atoms with Gasteiger partial charge in [0.1, 0.15) is 17.2 Å². The maximum absolute atomic E-state index is 13.2. The molecule has 0 aliphatic carbocycles. The lowest BCUT2D eigenvalue weighted by molar-refractivity contribution is -0.913. The normalized spacial score (nSPS) is 12.1. The summed E-state index contributed by atoms with van der Waals surface area (Å²) in [5.41, 5.74) is 13.9. The number of benzene rings is 2. The lowest BCUT2D eigenvalue weighted by Gasteiger charge is -2.37. The molecule has 0 bridgehead atoms. The molecule has 0 saturated carbocycles. The molecular formula is C31H41ClN5O5+. The first kappa shape index (κ1) is 32.6. The molecule has 42 heavy (non-hydrogen) atoms. The number of halogens is 1. The lowest BCUT2D eigenvalue weighted by atomic mass is 9.95. The fraction of sp³-hybridized carbons (Fsp3) is 0.419. The van der Waals surface area contributed by atoms with Crippen molar-refractivity contribution < 1.29 is 28.7 Å². The number of carboxylic acids is 1. The fourth-order valence-corrected chi connectivity index (χ4v) is 5.41. The summed E-state index contributed by atoms with van der Waals surface area (Å²) in [4.78, 5) is 33.0. The molecule has 10 nitrogen and oxygen atoms in total. The average molecular weight is 599 g/mol. The number of aromatic nitrogens is 2. The maximum atomic E-state index is 13.2. The van der Waals surface area contributed by atoms with Crippen LogP contribution < -0.4 is 20.9 Å². The number of nitrogen functional groups attached to an aromatic ring is 2. The summed E-state index contributed by atoms with van der Waals surface area (Å²) in [7, 11) is 5.42. The lowest BCUT2D eigenvalue weighted by Crippen LogP contribution is -2.49. The van der Waals surface area contributed by atoms with Crippen LogP contribution in [0.15, 0.2) is 48.5 Å². The van der Waals surface area contributed by atoms with E-state index in [-0.39, 0.29) is 35.3 Å². The molecule has 0 amide bonds. The van der Waals surface area contributed by atoms with E-state index in [9.17, 15) is 14.7 Å². The van der Waals surface area contributed by atoms with E-state index in [0.717, 1.165) is 50.3 Å². The van der Waals surface area contributed by atoms with E-state index in [1.54, 1.807) is 14.2 Å². The van der Waals surface area contributed by atoms with Gasteiger partial charge in [-0.1, -0.05) is 35.9 Å². The van der Waals surface area contributed by atoms with Crippen LogP contribution in [-0.2, 0) is 17.6 Å². The molecule has 11 heteroatoms. The van der Waals surface area contributed by atoms with Gasteiger partial charge in [-0.05, 0) is 48.2 Å². The van der Waals surface area contributed by atoms with Gasteiger partial charge in [0.05, 0.1) is 47.3 Å². The molecule has 0 aliphatic heterocycles. The number of aryl methyl sites for hydroxylation is 2. The minimum Gasteiger partial charge on any atom is -0.497 e. The molecule has 1 atom stereocenters. The van der Waals surface area contributed by atoms with Crippen molar-refractivity contribution in [2.45, 2.75) is 38.5 Å². The van der Waals surface area contributed by atoms with E-state index in [2.05, 4.69) is 41.3 Å². The smallest absolute Gasteiger partial charge is 0.303 e. The zero-order valence-corrected chi connectivity index (χ0v) is 25.3. The van der Waals surface area contributed by atoms with Crippen LogP contribution in [-0.4, -0.2) is 72.2 Å². The quantitative estimate of drug-likeness (QED) is 0.148. The van der Waals surface area contributed by atoms with Crippen LogP contribution in [0.25, 0.3) is 0 Å². The number of ether oxygens (including phenoxy) is 2. The van der Waals surface area contributed by atoms with Gasteiger partial charge in [0.2, 0.25) is 0 Å². The Morgan fingerprint density at radius 1 is 0.857 bits per heavy atom. The van der Waals surface area contributed by atoms with E-state index in [0.29, 0.717) is 11.0 Å². The standard InChI is InChI=1S/C31H40ClN5O5/c1-37(16-4-6-21-8-12-24(41-2)13-9-21,17-5-7-22-10-14-25(42-3)15-11-22)20-23(19-27(39)40)18-26(38)28-30(33)36-31(34)29(32)35-28/h8-15,23H,4-7,16-20H2,1-3H3,(H4-,33,34,36,38,39,40)/p+1/t23-/m0/s1. The van der Waals surface area contributed by atoms with Crippen molar-refractivity contribution in [3.63, 3.8) is 0 Å². The predicted molar refractivity (Wildman–Crippen MR) is 164 cm³/mol. The van der Waals surface area contributed by atoms with E-state index in [1.807, 2.05) is 24.3 Å². The van der Waals surface area contributed by atoms with Crippen molar-refractivity contribution in [1.82, 2.24) is 9.97 Å². The summed E-state index contributed by atoms with van der Waals surface area (Å²) >= 11 is 5.99. The molecule has 2 aromatic carbocycles.